The molecule has 1 rings (SSSR count). The molecule has 1 aromatic heterocycles. The quantitative estimate of drug-likeness (QED) is 0.597. The van der Waals surface area contributed by atoms with Crippen molar-refractivity contribution >= 4 is 40.4 Å². The van der Waals surface area contributed by atoms with Crippen LogP contribution < -0.4 is 0 Å². The van der Waals surface area contributed by atoms with Crippen molar-refractivity contribution in [3.8, 4) is 0 Å². The summed E-state index contributed by atoms with van der Waals surface area (Å²) in [6, 6.07) is 4.27. The maximum Gasteiger partial charge on any atom is 0.417 e. The van der Waals surface area contributed by atoms with E-state index in [9.17, 15) is 4.79 Å². The molecular formula is C9H10IO2S. The van der Waals surface area contributed by atoms with Crippen LogP contribution in [0.5, 0.6) is 0 Å². The van der Waals surface area contributed by atoms with E-state index < -0.39 is 0 Å². The van der Waals surface area contributed by atoms with Crippen LogP contribution in [0.2, 0.25) is 0 Å². The first-order chi connectivity index (χ1) is 6.33. The lowest BCUT2D eigenvalue weighted by molar-refractivity contribution is 0.270. The second kappa shape index (κ2) is 6.37. The predicted octanol–water partition coefficient (Wildman–Crippen LogP) is 2.76. The normalized spacial score (nSPS) is 9.92. The Balaban J connectivity index is 2.09. The minimum Gasteiger partial charge on any atom is -0.457 e. The fourth-order valence-electron chi connectivity index (χ4n) is 1.00. The molecule has 71 valence electrons. The highest BCUT2D eigenvalue weighted by molar-refractivity contribution is 14.1. The van der Waals surface area contributed by atoms with Gasteiger partial charge in [-0.05, 0) is 54.0 Å². The minimum atomic E-state index is 0.492. The first kappa shape index (κ1) is 11.0. The Kier molecular flexibility index (Phi) is 5.38. The number of hydrogen-bond donors (Lipinski definition) is 0. The van der Waals surface area contributed by atoms with Gasteiger partial charge in [0.15, 0.2) is 0 Å². The van der Waals surface area contributed by atoms with Crippen LogP contribution in [0, 0.1) is 2.88 Å². The Bertz CT molecular complexity index is 260. The van der Waals surface area contributed by atoms with Crippen molar-refractivity contribution in [1.29, 1.82) is 0 Å². The van der Waals surface area contributed by atoms with Crippen molar-refractivity contribution in [2.24, 2.45) is 0 Å². The minimum absolute atomic E-state index is 0.492. The number of ether oxygens (including phenoxy) is 1. The van der Waals surface area contributed by atoms with Crippen LogP contribution >= 0.6 is 33.9 Å². The zero-order valence-electron chi connectivity index (χ0n) is 7.09. The Hall–Kier alpha value is -0.100. The van der Waals surface area contributed by atoms with Gasteiger partial charge in [-0.15, -0.1) is 11.3 Å². The van der Waals surface area contributed by atoms with Crippen molar-refractivity contribution in [2.75, 3.05) is 6.61 Å². The summed E-state index contributed by atoms with van der Waals surface area (Å²) in [4.78, 5) is 11.1. The van der Waals surface area contributed by atoms with Crippen molar-refractivity contribution < 1.29 is 9.53 Å². The summed E-state index contributed by atoms with van der Waals surface area (Å²) < 4.78 is 5.80. The highest BCUT2D eigenvalue weighted by atomic mass is 127. The Morgan fingerprint density at radius 2 is 2.31 bits per heavy atom. The lowest BCUT2D eigenvalue weighted by atomic mass is 10.2. The SMILES string of the molecule is O=[C]OCCCCc1ccc(I)s1. The maximum atomic E-state index is 9.70. The molecule has 4 heteroatoms. The summed E-state index contributed by atoms with van der Waals surface area (Å²) in [5.41, 5.74) is 0. The Labute approximate surface area is 95.4 Å². The molecule has 0 N–H and O–H groups in total. The van der Waals surface area contributed by atoms with Crippen molar-refractivity contribution in [3.63, 3.8) is 0 Å². The fourth-order valence-corrected chi connectivity index (χ4v) is 2.80. The third-order valence-electron chi connectivity index (χ3n) is 1.61. The van der Waals surface area contributed by atoms with Gasteiger partial charge in [0.1, 0.15) is 0 Å². The molecule has 2 nitrogen and oxygen atoms in total. The number of rotatable bonds is 6. The van der Waals surface area contributed by atoms with Gasteiger partial charge < -0.3 is 4.74 Å². The molecule has 0 atom stereocenters. The highest BCUT2D eigenvalue weighted by Crippen LogP contribution is 2.19. The maximum absolute atomic E-state index is 9.70. The van der Waals surface area contributed by atoms with Gasteiger partial charge >= 0.3 is 6.47 Å². The number of hydrogen-bond acceptors (Lipinski definition) is 3. The third kappa shape index (κ3) is 4.61. The van der Waals surface area contributed by atoms with Crippen LogP contribution in [-0.4, -0.2) is 13.1 Å². The van der Waals surface area contributed by atoms with Crippen LogP contribution in [-0.2, 0) is 16.0 Å². The largest absolute Gasteiger partial charge is 0.457 e. The molecule has 0 aliphatic heterocycles. The molecular weight excluding hydrogens is 299 g/mol. The van der Waals surface area contributed by atoms with Gasteiger partial charge in [-0.1, -0.05) is 0 Å². The topological polar surface area (TPSA) is 26.3 Å². The second-order valence-electron chi connectivity index (χ2n) is 2.59. The monoisotopic (exact) mass is 309 g/mol. The summed E-state index contributed by atoms with van der Waals surface area (Å²) in [5.74, 6) is 0. The predicted molar refractivity (Wildman–Crippen MR) is 61.6 cm³/mol. The molecule has 0 bridgehead atoms. The average Bonchev–Trinajstić information content (AvgIpc) is 2.51. The van der Waals surface area contributed by atoms with E-state index in [2.05, 4.69) is 39.5 Å². The number of aryl methyl sites for hydroxylation is 1. The Morgan fingerprint density at radius 3 is 2.92 bits per heavy atom. The summed E-state index contributed by atoms with van der Waals surface area (Å²) in [6.45, 7) is 1.91. The summed E-state index contributed by atoms with van der Waals surface area (Å²) in [5, 5.41) is 0. The van der Waals surface area contributed by atoms with Gasteiger partial charge in [-0.3, -0.25) is 0 Å². The van der Waals surface area contributed by atoms with Crippen molar-refractivity contribution in [2.45, 2.75) is 19.3 Å². The van der Waals surface area contributed by atoms with Crippen LogP contribution in [0.1, 0.15) is 17.7 Å². The molecule has 0 amide bonds. The lowest BCUT2D eigenvalue weighted by Gasteiger charge is -1.96. The van der Waals surface area contributed by atoms with Crippen LogP contribution in [0.15, 0.2) is 12.1 Å². The number of unbranched alkanes of at least 4 members (excludes halogenated alkanes) is 1. The molecule has 1 radical (unpaired) electrons. The summed E-state index contributed by atoms with van der Waals surface area (Å²) in [7, 11) is 0. The highest BCUT2D eigenvalue weighted by Gasteiger charge is 1.97. The molecule has 0 fully saturated rings. The molecule has 0 aromatic carbocycles. The van der Waals surface area contributed by atoms with E-state index in [1.807, 2.05) is 11.3 Å². The van der Waals surface area contributed by atoms with Crippen molar-refractivity contribution in [1.82, 2.24) is 0 Å². The fraction of sp³-hybridized carbons (Fsp3) is 0.444. The van der Waals surface area contributed by atoms with E-state index in [1.165, 1.54) is 14.2 Å². The summed E-state index contributed by atoms with van der Waals surface area (Å²) in [6.07, 6.45) is 3.07. The molecule has 0 saturated carbocycles. The van der Waals surface area contributed by atoms with E-state index in [1.54, 1.807) is 0 Å². The molecule has 0 aliphatic rings. The molecule has 13 heavy (non-hydrogen) atoms. The lowest BCUT2D eigenvalue weighted by Crippen LogP contribution is -1.92. The third-order valence-corrected chi connectivity index (χ3v) is 3.56. The van der Waals surface area contributed by atoms with E-state index in [4.69, 9.17) is 0 Å². The van der Waals surface area contributed by atoms with Crippen LogP contribution in [0.3, 0.4) is 0 Å². The van der Waals surface area contributed by atoms with Crippen LogP contribution in [0.25, 0.3) is 0 Å². The van der Waals surface area contributed by atoms with Crippen LogP contribution in [0.4, 0.5) is 0 Å². The van der Waals surface area contributed by atoms with Gasteiger partial charge in [-0.25, -0.2) is 4.79 Å². The van der Waals surface area contributed by atoms with E-state index in [0.717, 1.165) is 19.3 Å². The summed E-state index contributed by atoms with van der Waals surface area (Å²) >= 11 is 4.14. The molecule has 0 saturated heterocycles. The van der Waals surface area contributed by atoms with Gasteiger partial charge in [0.2, 0.25) is 0 Å². The molecule has 1 heterocycles. The molecule has 1 aromatic rings. The standard InChI is InChI=1S/C9H10IO2S/c10-9-5-4-8(13-9)3-1-2-6-12-7-11/h4-5H,1-3,6H2. The number of carbonyl (C=O) groups excluding carboxylic acids is 1. The van der Waals surface area contributed by atoms with Gasteiger partial charge in [0.25, 0.3) is 0 Å². The zero-order chi connectivity index (χ0) is 9.52. The average molecular weight is 309 g/mol. The van der Waals surface area contributed by atoms with E-state index in [-0.39, 0.29) is 0 Å². The molecule has 0 aliphatic carbocycles. The first-order valence-electron chi connectivity index (χ1n) is 4.06. The Morgan fingerprint density at radius 1 is 1.46 bits per heavy atom. The van der Waals surface area contributed by atoms with Crippen molar-refractivity contribution in [3.05, 3.63) is 19.9 Å². The number of halogens is 1. The molecule has 0 spiro atoms. The van der Waals surface area contributed by atoms with E-state index in [0.29, 0.717) is 6.61 Å². The van der Waals surface area contributed by atoms with Gasteiger partial charge in [0, 0.05) is 4.88 Å². The van der Waals surface area contributed by atoms with Gasteiger partial charge in [-0.2, -0.15) is 0 Å². The smallest absolute Gasteiger partial charge is 0.417 e. The number of thiophene rings is 1. The van der Waals surface area contributed by atoms with Gasteiger partial charge in [0.05, 0.1) is 9.49 Å². The second-order valence-corrected chi connectivity index (χ2v) is 5.66. The molecule has 0 unspecified atom stereocenters. The van der Waals surface area contributed by atoms with E-state index >= 15 is 0 Å². The first-order valence-corrected chi connectivity index (χ1v) is 5.95. The zero-order valence-corrected chi connectivity index (χ0v) is 10.1.